The van der Waals surface area contributed by atoms with Crippen LogP contribution in [0.5, 0.6) is 0 Å². The summed E-state index contributed by atoms with van der Waals surface area (Å²) in [6, 6.07) is 3.89. The number of hydrogen-bond donors (Lipinski definition) is 1. The van der Waals surface area contributed by atoms with Gasteiger partial charge in [-0.3, -0.25) is 14.7 Å². The molecule has 19 heavy (non-hydrogen) atoms. The van der Waals surface area contributed by atoms with Crippen LogP contribution in [0, 0.1) is 0 Å². The smallest absolute Gasteiger partial charge is 0.220 e. The Morgan fingerprint density at radius 2 is 2.05 bits per heavy atom. The molecule has 1 saturated heterocycles. The van der Waals surface area contributed by atoms with Crippen LogP contribution in [0.25, 0.3) is 0 Å². The third-order valence-corrected chi connectivity index (χ3v) is 3.24. The highest BCUT2D eigenvalue weighted by atomic mass is 16.5. The fourth-order valence-corrected chi connectivity index (χ4v) is 2.07. The molecular formula is C14H21N3O2. The molecule has 1 amide bonds. The summed E-state index contributed by atoms with van der Waals surface area (Å²) in [6.45, 7) is 5.16. The second kappa shape index (κ2) is 7.86. The van der Waals surface area contributed by atoms with Gasteiger partial charge in [0, 0.05) is 45.0 Å². The van der Waals surface area contributed by atoms with Crippen molar-refractivity contribution in [3.63, 3.8) is 0 Å². The fraction of sp³-hybridized carbons (Fsp3) is 0.571. The molecule has 1 aliphatic heterocycles. The van der Waals surface area contributed by atoms with Crippen LogP contribution in [0.3, 0.4) is 0 Å². The highest BCUT2D eigenvalue weighted by Gasteiger charge is 2.10. The lowest BCUT2D eigenvalue weighted by molar-refractivity contribution is -0.121. The molecule has 0 unspecified atom stereocenters. The molecule has 2 heterocycles. The Labute approximate surface area is 114 Å². The summed E-state index contributed by atoms with van der Waals surface area (Å²) in [7, 11) is 0. The standard InChI is InChI=1S/C14H21N3O2/c18-14(2-1-13-3-5-15-6-4-13)16-7-8-17-9-11-19-12-10-17/h3-6H,1-2,7-12H2,(H,16,18). The van der Waals surface area contributed by atoms with Crippen molar-refractivity contribution in [2.24, 2.45) is 0 Å². The first-order valence-electron chi connectivity index (χ1n) is 6.80. The molecule has 5 nitrogen and oxygen atoms in total. The summed E-state index contributed by atoms with van der Waals surface area (Å²) in [5.74, 6) is 0.116. The number of amides is 1. The maximum atomic E-state index is 11.7. The molecule has 0 aliphatic carbocycles. The minimum Gasteiger partial charge on any atom is -0.379 e. The van der Waals surface area contributed by atoms with Gasteiger partial charge in [-0.05, 0) is 24.1 Å². The fourth-order valence-electron chi connectivity index (χ4n) is 2.07. The van der Waals surface area contributed by atoms with E-state index in [9.17, 15) is 4.79 Å². The molecule has 2 rings (SSSR count). The van der Waals surface area contributed by atoms with E-state index in [1.165, 1.54) is 0 Å². The van der Waals surface area contributed by atoms with Crippen molar-refractivity contribution in [1.29, 1.82) is 0 Å². The first-order valence-corrected chi connectivity index (χ1v) is 6.80. The van der Waals surface area contributed by atoms with E-state index >= 15 is 0 Å². The van der Waals surface area contributed by atoms with Crippen molar-refractivity contribution in [3.8, 4) is 0 Å². The van der Waals surface area contributed by atoms with Crippen molar-refractivity contribution in [3.05, 3.63) is 30.1 Å². The van der Waals surface area contributed by atoms with Gasteiger partial charge in [-0.25, -0.2) is 0 Å². The number of aryl methyl sites for hydroxylation is 1. The zero-order valence-electron chi connectivity index (χ0n) is 11.2. The zero-order chi connectivity index (χ0) is 13.3. The molecule has 0 aromatic carbocycles. The van der Waals surface area contributed by atoms with Crippen molar-refractivity contribution in [2.45, 2.75) is 12.8 Å². The lowest BCUT2D eigenvalue weighted by Crippen LogP contribution is -2.41. The van der Waals surface area contributed by atoms with Crippen LogP contribution in [0.1, 0.15) is 12.0 Å². The average Bonchev–Trinajstić information content (AvgIpc) is 2.47. The van der Waals surface area contributed by atoms with Crippen LogP contribution in [0.15, 0.2) is 24.5 Å². The molecule has 0 saturated carbocycles. The molecule has 5 heteroatoms. The normalized spacial score (nSPS) is 16.2. The molecule has 0 atom stereocenters. The van der Waals surface area contributed by atoms with Crippen LogP contribution in [-0.2, 0) is 16.0 Å². The average molecular weight is 263 g/mol. The van der Waals surface area contributed by atoms with Crippen molar-refractivity contribution < 1.29 is 9.53 Å². The van der Waals surface area contributed by atoms with Gasteiger partial charge in [0.05, 0.1) is 13.2 Å². The van der Waals surface area contributed by atoms with E-state index in [0.29, 0.717) is 6.42 Å². The molecule has 1 aromatic heterocycles. The third kappa shape index (κ3) is 5.36. The van der Waals surface area contributed by atoms with E-state index in [1.807, 2.05) is 12.1 Å². The summed E-state index contributed by atoms with van der Waals surface area (Å²) in [5, 5.41) is 2.96. The first kappa shape index (κ1) is 14.0. The monoisotopic (exact) mass is 263 g/mol. The van der Waals surface area contributed by atoms with Gasteiger partial charge < -0.3 is 10.1 Å². The molecular weight excluding hydrogens is 242 g/mol. The SMILES string of the molecule is O=C(CCc1ccncc1)NCCN1CCOCC1. The number of morpholine rings is 1. The van der Waals surface area contributed by atoms with Crippen LogP contribution >= 0.6 is 0 Å². The van der Waals surface area contributed by atoms with E-state index in [4.69, 9.17) is 4.74 Å². The zero-order valence-corrected chi connectivity index (χ0v) is 11.2. The van der Waals surface area contributed by atoms with Gasteiger partial charge in [0.25, 0.3) is 0 Å². The Hall–Kier alpha value is -1.46. The Bertz CT molecular complexity index is 378. The van der Waals surface area contributed by atoms with Crippen LogP contribution in [0.2, 0.25) is 0 Å². The molecule has 104 valence electrons. The number of nitrogens with one attached hydrogen (secondary N) is 1. The van der Waals surface area contributed by atoms with Crippen molar-refractivity contribution >= 4 is 5.91 Å². The lowest BCUT2D eigenvalue weighted by atomic mass is 10.1. The maximum Gasteiger partial charge on any atom is 0.220 e. The van der Waals surface area contributed by atoms with Gasteiger partial charge in [0.1, 0.15) is 0 Å². The molecule has 0 bridgehead atoms. The number of hydrogen-bond acceptors (Lipinski definition) is 4. The highest BCUT2D eigenvalue weighted by Crippen LogP contribution is 2.00. The van der Waals surface area contributed by atoms with Crippen LogP contribution in [0.4, 0.5) is 0 Å². The van der Waals surface area contributed by atoms with Gasteiger partial charge in [0.15, 0.2) is 0 Å². The van der Waals surface area contributed by atoms with Crippen molar-refractivity contribution in [1.82, 2.24) is 15.2 Å². The summed E-state index contributed by atoms with van der Waals surface area (Å²) >= 11 is 0. The number of carbonyl (C=O) groups excluding carboxylic acids is 1. The quantitative estimate of drug-likeness (QED) is 0.810. The van der Waals surface area contributed by atoms with Gasteiger partial charge in [-0.2, -0.15) is 0 Å². The van der Waals surface area contributed by atoms with E-state index in [1.54, 1.807) is 12.4 Å². The molecule has 1 N–H and O–H groups in total. The van der Waals surface area contributed by atoms with E-state index in [-0.39, 0.29) is 5.91 Å². The Morgan fingerprint density at radius 3 is 2.79 bits per heavy atom. The number of ether oxygens (including phenoxy) is 1. The van der Waals surface area contributed by atoms with Gasteiger partial charge >= 0.3 is 0 Å². The number of nitrogens with zero attached hydrogens (tertiary/aromatic N) is 2. The molecule has 1 aliphatic rings. The van der Waals surface area contributed by atoms with E-state index in [2.05, 4.69) is 15.2 Å². The van der Waals surface area contributed by atoms with E-state index in [0.717, 1.165) is 51.4 Å². The summed E-state index contributed by atoms with van der Waals surface area (Å²) in [6.07, 6.45) is 4.82. The topological polar surface area (TPSA) is 54.5 Å². The Morgan fingerprint density at radius 1 is 1.32 bits per heavy atom. The predicted molar refractivity (Wildman–Crippen MR) is 72.8 cm³/mol. The van der Waals surface area contributed by atoms with Crippen LogP contribution < -0.4 is 5.32 Å². The number of aromatic nitrogens is 1. The third-order valence-electron chi connectivity index (χ3n) is 3.24. The molecule has 0 spiro atoms. The molecule has 0 radical (unpaired) electrons. The first-order chi connectivity index (χ1) is 9.34. The van der Waals surface area contributed by atoms with Gasteiger partial charge in [-0.1, -0.05) is 0 Å². The number of pyridine rings is 1. The molecule has 1 aromatic rings. The Balaban J connectivity index is 1.57. The summed E-state index contributed by atoms with van der Waals surface area (Å²) in [5.41, 5.74) is 1.15. The maximum absolute atomic E-state index is 11.7. The summed E-state index contributed by atoms with van der Waals surface area (Å²) < 4.78 is 5.28. The number of carbonyl (C=O) groups is 1. The summed E-state index contributed by atoms with van der Waals surface area (Å²) in [4.78, 5) is 18.0. The Kier molecular flexibility index (Phi) is 5.78. The number of rotatable bonds is 6. The van der Waals surface area contributed by atoms with Crippen molar-refractivity contribution in [2.75, 3.05) is 39.4 Å². The molecule has 1 fully saturated rings. The van der Waals surface area contributed by atoms with E-state index < -0.39 is 0 Å². The lowest BCUT2D eigenvalue weighted by Gasteiger charge is -2.26. The minimum atomic E-state index is 0.116. The largest absolute Gasteiger partial charge is 0.379 e. The second-order valence-electron chi connectivity index (χ2n) is 4.66. The highest BCUT2D eigenvalue weighted by molar-refractivity contribution is 5.76. The minimum absolute atomic E-state index is 0.116. The van der Waals surface area contributed by atoms with Gasteiger partial charge in [0.2, 0.25) is 5.91 Å². The second-order valence-corrected chi connectivity index (χ2v) is 4.66. The van der Waals surface area contributed by atoms with Gasteiger partial charge in [-0.15, -0.1) is 0 Å². The predicted octanol–water partition coefficient (Wildman–Crippen LogP) is 0.463. The van der Waals surface area contributed by atoms with Crippen LogP contribution in [-0.4, -0.2) is 55.2 Å².